The Labute approximate surface area is 176 Å². The molecule has 7 rings (SSSR count). The van der Waals surface area contributed by atoms with Gasteiger partial charge in [0.2, 0.25) is 0 Å². The van der Waals surface area contributed by atoms with Gasteiger partial charge in [-0.15, -0.1) is 0 Å². The second-order valence-electron chi connectivity index (χ2n) is 10.3. The Morgan fingerprint density at radius 3 is 2.80 bits per heavy atom. The molecule has 2 aliphatic heterocycles. The zero-order valence-corrected chi connectivity index (χ0v) is 17.6. The highest BCUT2D eigenvalue weighted by atomic mass is 16.6. The van der Waals surface area contributed by atoms with Crippen molar-refractivity contribution < 1.29 is 19.7 Å². The van der Waals surface area contributed by atoms with Gasteiger partial charge in [-0.05, 0) is 44.7 Å². The lowest BCUT2D eigenvalue weighted by molar-refractivity contribution is -0.241. The van der Waals surface area contributed by atoms with E-state index in [1.807, 2.05) is 24.8 Å². The fourth-order valence-corrected chi connectivity index (χ4v) is 7.93. The maximum Gasteiger partial charge on any atom is 0.188 e. The number of nitrogens with two attached hydrogens (primary N) is 1. The van der Waals surface area contributed by atoms with Gasteiger partial charge in [0.05, 0.1) is 11.0 Å². The van der Waals surface area contributed by atoms with Gasteiger partial charge in [-0.2, -0.15) is 0 Å². The van der Waals surface area contributed by atoms with Gasteiger partial charge < -0.3 is 30.3 Å². The first-order chi connectivity index (χ1) is 14.1. The number of rotatable bonds is 2. The van der Waals surface area contributed by atoms with E-state index in [1.165, 1.54) is 0 Å². The average molecular weight is 412 g/mol. The van der Waals surface area contributed by atoms with Crippen LogP contribution in [0.4, 0.5) is 0 Å². The lowest BCUT2D eigenvalue weighted by Gasteiger charge is -2.72. The summed E-state index contributed by atoms with van der Waals surface area (Å²) in [6.45, 7) is 4.34. The Morgan fingerprint density at radius 1 is 1.37 bits per heavy atom. The number of ether oxygens (including phenoxy) is 2. The molecule has 30 heavy (non-hydrogen) atoms. The van der Waals surface area contributed by atoms with Gasteiger partial charge in [-0.25, -0.2) is 0 Å². The molecule has 6 aliphatic rings. The number of hydrogen-bond donors (Lipinski definition) is 4. The number of phenols is 1. The van der Waals surface area contributed by atoms with Crippen molar-refractivity contribution in [1.82, 2.24) is 4.90 Å². The van der Waals surface area contributed by atoms with Gasteiger partial charge >= 0.3 is 0 Å². The molecule has 1 saturated carbocycles. The molecular formula is C23H29N3O4. The van der Waals surface area contributed by atoms with Crippen LogP contribution in [-0.2, 0) is 16.6 Å². The quantitative estimate of drug-likeness (QED) is 0.334. The van der Waals surface area contributed by atoms with Crippen molar-refractivity contribution in [2.45, 2.75) is 61.9 Å². The highest BCUT2D eigenvalue weighted by molar-refractivity contribution is 5.77. The van der Waals surface area contributed by atoms with E-state index in [4.69, 9.17) is 20.6 Å². The third-order valence-electron chi connectivity index (χ3n) is 8.97. The second kappa shape index (κ2) is 5.14. The summed E-state index contributed by atoms with van der Waals surface area (Å²) < 4.78 is 12.8. The number of methoxy groups -OCH3 is 1. The van der Waals surface area contributed by atoms with Crippen molar-refractivity contribution in [2.24, 2.45) is 17.1 Å². The second-order valence-corrected chi connectivity index (χ2v) is 10.3. The van der Waals surface area contributed by atoms with Crippen molar-refractivity contribution in [3.05, 3.63) is 35.4 Å². The number of phenolic OH excluding ortho intramolecular Hbond substituents is 1. The van der Waals surface area contributed by atoms with Crippen molar-refractivity contribution in [3.8, 4) is 11.5 Å². The summed E-state index contributed by atoms with van der Waals surface area (Å²) in [5.74, 6) is 0.610. The van der Waals surface area contributed by atoms with Crippen molar-refractivity contribution in [2.75, 3.05) is 13.7 Å². The van der Waals surface area contributed by atoms with Gasteiger partial charge in [0.15, 0.2) is 17.5 Å². The fourth-order valence-electron chi connectivity index (χ4n) is 7.93. The van der Waals surface area contributed by atoms with Crippen LogP contribution in [0.1, 0.15) is 37.8 Å². The number of hydrogen-bond acceptors (Lipinski definition) is 5. The molecule has 0 amide bonds. The number of likely N-dealkylation sites (tertiary alicyclic amines) is 1. The Kier molecular flexibility index (Phi) is 3.17. The van der Waals surface area contributed by atoms with Crippen LogP contribution in [0.25, 0.3) is 0 Å². The van der Waals surface area contributed by atoms with Crippen molar-refractivity contribution in [1.29, 1.82) is 5.41 Å². The first-order valence-corrected chi connectivity index (χ1v) is 10.7. The van der Waals surface area contributed by atoms with Crippen LogP contribution in [0.15, 0.2) is 24.3 Å². The van der Waals surface area contributed by atoms with E-state index in [2.05, 4.69) is 12.2 Å². The van der Waals surface area contributed by atoms with Gasteiger partial charge in [0.1, 0.15) is 11.7 Å². The Hall–Kier alpha value is -2.25. The van der Waals surface area contributed by atoms with Crippen LogP contribution in [0.2, 0.25) is 0 Å². The number of fused-ring (bicyclic) bond motifs is 1. The number of guanidine groups is 1. The SMILES string of the molecule is CO[C@]12C=C[C@@]3(C[C@@H]1C(C)(C)O)[C@H]1Cc4ccc(O)c5c4[C@@]3(CCN1C(=N)N)[C@H]2O5. The molecule has 4 bridgehead atoms. The molecule has 1 saturated heterocycles. The van der Waals surface area contributed by atoms with Gasteiger partial charge in [-0.1, -0.05) is 18.2 Å². The summed E-state index contributed by atoms with van der Waals surface area (Å²) in [5, 5.41) is 30.2. The van der Waals surface area contributed by atoms with Gasteiger partial charge in [0.25, 0.3) is 0 Å². The monoisotopic (exact) mass is 411 g/mol. The number of benzene rings is 1. The molecule has 0 unspecified atom stereocenters. The van der Waals surface area contributed by atoms with Crippen LogP contribution in [0.5, 0.6) is 11.5 Å². The molecule has 2 spiro atoms. The first kappa shape index (κ1) is 18.5. The lowest BCUT2D eigenvalue weighted by Crippen LogP contribution is -2.81. The molecule has 7 heteroatoms. The van der Waals surface area contributed by atoms with E-state index in [-0.39, 0.29) is 40.6 Å². The molecule has 7 nitrogen and oxygen atoms in total. The van der Waals surface area contributed by atoms with Crippen LogP contribution < -0.4 is 10.5 Å². The van der Waals surface area contributed by atoms with E-state index in [0.29, 0.717) is 18.7 Å². The Balaban J connectivity index is 1.70. The fraction of sp³-hybridized carbons (Fsp3) is 0.609. The zero-order valence-electron chi connectivity index (χ0n) is 17.6. The van der Waals surface area contributed by atoms with E-state index in [9.17, 15) is 10.2 Å². The minimum Gasteiger partial charge on any atom is -0.504 e. The predicted octanol–water partition coefficient (Wildman–Crippen LogP) is 1.65. The largest absolute Gasteiger partial charge is 0.504 e. The Bertz CT molecular complexity index is 1020. The van der Waals surface area contributed by atoms with E-state index < -0.39 is 11.2 Å². The van der Waals surface area contributed by atoms with Crippen LogP contribution >= 0.6 is 0 Å². The molecule has 2 heterocycles. The molecular weight excluding hydrogens is 382 g/mol. The van der Waals surface area contributed by atoms with E-state index >= 15 is 0 Å². The normalized spacial score (nSPS) is 42.1. The molecule has 1 aromatic rings. The third-order valence-corrected chi connectivity index (χ3v) is 8.97. The molecule has 160 valence electrons. The number of nitrogens with one attached hydrogen (secondary N) is 1. The van der Waals surface area contributed by atoms with Crippen LogP contribution in [-0.4, -0.2) is 58.1 Å². The van der Waals surface area contributed by atoms with Crippen molar-refractivity contribution in [3.63, 3.8) is 0 Å². The van der Waals surface area contributed by atoms with Crippen LogP contribution in [0, 0.1) is 16.7 Å². The number of piperidine rings is 1. The molecule has 6 atom stereocenters. The topological polar surface area (TPSA) is 112 Å². The molecule has 0 radical (unpaired) electrons. The van der Waals surface area contributed by atoms with Crippen molar-refractivity contribution >= 4 is 5.96 Å². The number of aliphatic hydroxyl groups is 1. The third kappa shape index (κ3) is 1.69. The minimum atomic E-state index is -0.995. The van der Waals surface area contributed by atoms with Gasteiger partial charge in [0, 0.05) is 36.6 Å². The summed E-state index contributed by atoms with van der Waals surface area (Å²) in [7, 11) is 1.69. The average Bonchev–Trinajstić information content (AvgIpc) is 3.05. The maximum absolute atomic E-state index is 11.2. The molecule has 2 fully saturated rings. The minimum absolute atomic E-state index is 0.00546. The summed E-state index contributed by atoms with van der Waals surface area (Å²) in [6, 6.07) is 3.69. The smallest absolute Gasteiger partial charge is 0.188 e. The molecule has 5 N–H and O–H groups in total. The highest BCUT2D eigenvalue weighted by Crippen LogP contribution is 2.75. The summed E-state index contributed by atoms with van der Waals surface area (Å²) in [5.41, 5.74) is 5.77. The number of nitrogens with zero attached hydrogens (tertiary/aromatic N) is 1. The van der Waals surface area contributed by atoms with Gasteiger partial charge in [-0.3, -0.25) is 5.41 Å². The predicted molar refractivity (Wildman–Crippen MR) is 111 cm³/mol. The standard InChI is InChI=1S/C23H29N3O4/c1-20(2,28)14-11-21-6-7-23(14,29-3)18-22(21)8-9-26(19(24)25)15(21)10-12-4-5-13(27)17(30-18)16(12)22/h4-7,14-15,18,27-28H,8-11H2,1-3H3,(H3,24,25)/t14-,15-,18-,21-,22+,23-/m1/s1. The molecule has 4 aliphatic carbocycles. The van der Waals surface area contributed by atoms with E-state index in [1.54, 1.807) is 13.2 Å². The molecule has 1 aromatic carbocycles. The zero-order chi connectivity index (χ0) is 21.3. The first-order valence-electron chi connectivity index (χ1n) is 10.7. The summed E-state index contributed by atoms with van der Waals surface area (Å²) >= 11 is 0. The number of aromatic hydroxyl groups is 1. The molecule has 0 aromatic heterocycles. The summed E-state index contributed by atoms with van der Waals surface area (Å²) in [4.78, 5) is 2.02. The van der Waals surface area contributed by atoms with Crippen LogP contribution in [0.3, 0.4) is 0 Å². The summed E-state index contributed by atoms with van der Waals surface area (Å²) in [6.07, 6.45) is 6.19. The lowest BCUT2D eigenvalue weighted by atomic mass is 9.36. The van der Waals surface area contributed by atoms with E-state index in [0.717, 1.165) is 24.0 Å². The highest BCUT2D eigenvalue weighted by Gasteiger charge is 2.80. The Morgan fingerprint density at radius 2 is 2.13 bits per heavy atom. The maximum atomic E-state index is 11.2.